The van der Waals surface area contributed by atoms with Crippen molar-refractivity contribution < 1.29 is 5.11 Å². The Morgan fingerprint density at radius 3 is 1.72 bits per heavy atom. The molecule has 0 aliphatic carbocycles. The molecular weight excluding hydrogens is 220 g/mol. The van der Waals surface area contributed by atoms with Gasteiger partial charge in [0, 0.05) is 6.61 Å². The highest BCUT2D eigenvalue weighted by Crippen LogP contribution is 2.04. The smallest absolute Gasteiger partial charge is 0.0434 e. The number of aryl methyl sites for hydroxylation is 2. The Balaban J connectivity index is 0. The minimum absolute atomic E-state index is 0.291. The zero-order valence-corrected chi connectivity index (χ0v) is 12.8. The summed E-state index contributed by atoms with van der Waals surface area (Å²) >= 11 is 0. The van der Waals surface area contributed by atoms with Crippen molar-refractivity contribution in [3.8, 4) is 0 Å². The van der Waals surface area contributed by atoms with Crippen molar-refractivity contribution in [2.75, 3.05) is 6.61 Å². The van der Waals surface area contributed by atoms with E-state index in [0.717, 1.165) is 19.3 Å². The third-order valence-corrected chi connectivity index (χ3v) is 2.41. The van der Waals surface area contributed by atoms with E-state index in [1.165, 1.54) is 16.7 Å². The predicted molar refractivity (Wildman–Crippen MR) is 83.0 cm³/mol. The van der Waals surface area contributed by atoms with Crippen LogP contribution in [0, 0.1) is 13.8 Å². The highest BCUT2D eigenvalue weighted by molar-refractivity contribution is 5.19. The fraction of sp³-hybridized carbons (Fsp3) is 0.529. The number of rotatable bonds is 4. The van der Waals surface area contributed by atoms with Crippen molar-refractivity contribution in [2.45, 2.75) is 53.9 Å². The molecule has 0 radical (unpaired) electrons. The lowest BCUT2D eigenvalue weighted by Gasteiger charge is -1.96. The van der Waals surface area contributed by atoms with Crippen molar-refractivity contribution >= 4 is 0 Å². The summed E-state index contributed by atoms with van der Waals surface area (Å²) in [6, 6.07) is 8.48. The molecule has 104 valence electrons. The molecule has 0 aromatic heterocycles. The Bertz CT molecular complexity index is 264. The van der Waals surface area contributed by atoms with Crippen LogP contribution in [0.3, 0.4) is 0 Å². The van der Waals surface area contributed by atoms with E-state index in [9.17, 15) is 0 Å². The standard InChI is InChI=1S/C8H10.C7H14O.C2H6/c1-7-3-5-8(2)6-4-7;1-3-7(2)5-4-6-8;1-2/h3-6H,1-2H3;8H,2-6H2,1H3;1-2H3. The fourth-order valence-corrected chi connectivity index (χ4v) is 1.14. The topological polar surface area (TPSA) is 20.2 Å². The first-order valence-electron chi connectivity index (χ1n) is 6.91. The molecule has 1 heteroatoms. The van der Waals surface area contributed by atoms with E-state index in [1.54, 1.807) is 0 Å². The Labute approximate surface area is 114 Å². The zero-order chi connectivity index (χ0) is 14.4. The van der Waals surface area contributed by atoms with Gasteiger partial charge in [-0.15, -0.1) is 0 Å². The van der Waals surface area contributed by atoms with Crippen LogP contribution in [-0.2, 0) is 0 Å². The Kier molecular flexibility index (Phi) is 15.0. The summed E-state index contributed by atoms with van der Waals surface area (Å²) in [5.41, 5.74) is 3.89. The maximum absolute atomic E-state index is 8.37. The molecule has 18 heavy (non-hydrogen) atoms. The van der Waals surface area contributed by atoms with Crippen molar-refractivity contribution in [3.05, 3.63) is 47.5 Å². The maximum atomic E-state index is 8.37. The summed E-state index contributed by atoms with van der Waals surface area (Å²) in [6.45, 7) is 14.4. The molecule has 0 aliphatic heterocycles. The van der Waals surface area contributed by atoms with E-state index >= 15 is 0 Å². The molecule has 0 saturated heterocycles. The molecule has 0 unspecified atom stereocenters. The summed E-state index contributed by atoms with van der Waals surface area (Å²) in [7, 11) is 0. The van der Waals surface area contributed by atoms with E-state index in [1.807, 2.05) is 13.8 Å². The SMILES string of the molecule is C=C(CC)CCCO.CC.Cc1ccc(C)cc1. The summed E-state index contributed by atoms with van der Waals surface area (Å²) in [4.78, 5) is 0. The van der Waals surface area contributed by atoms with E-state index in [-0.39, 0.29) is 0 Å². The molecule has 0 saturated carbocycles. The van der Waals surface area contributed by atoms with Crippen LogP contribution in [0.25, 0.3) is 0 Å². The molecule has 0 atom stereocenters. The minimum Gasteiger partial charge on any atom is -0.396 e. The first-order valence-corrected chi connectivity index (χ1v) is 6.91. The van der Waals surface area contributed by atoms with Gasteiger partial charge in [-0.25, -0.2) is 0 Å². The van der Waals surface area contributed by atoms with Gasteiger partial charge in [-0.3, -0.25) is 0 Å². The zero-order valence-electron chi connectivity index (χ0n) is 12.8. The quantitative estimate of drug-likeness (QED) is 0.741. The normalized spacial score (nSPS) is 8.56. The summed E-state index contributed by atoms with van der Waals surface area (Å²) < 4.78 is 0. The fourth-order valence-electron chi connectivity index (χ4n) is 1.14. The summed E-state index contributed by atoms with van der Waals surface area (Å²) in [6.07, 6.45) is 2.89. The number of aliphatic hydroxyl groups excluding tert-OH is 1. The van der Waals surface area contributed by atoms with Gasteiger partial charge in [0.05, 0.1) is 0 Å². The first kappa shape index (κ1) is 19.3. The molecular formula is C17H30O. The van der Waals surface area contributed by atoms with Crippen molar-refractivity contribution in [3.63, 3.8) is 0 Å². The van der Waals surface area contributed by atoms with Gasteiger partial charge in [-0.1, -0.05) is 68.3 Å². The van der Waals surface area contributed by atoms with Crippen molar-refractivity contribution in [1.29, 1.82) is 0 Å². The lowest BCUT2D eigenvalue weighted by atomic mass is 10.1. The lowest BCUT2D eigenvalue weighted by molar-refractivity contribution is 0.288. The summed E-state index contributed by atoms with van der Waals surface area (Å²) in [5, 5.41) is 8.37. The number of aliphatic hydroxyl groups is 1. The second kappa shape index (κ2) is 14.0. The van der Waals surface area contributed by atoms with Gasteiger partial charge in [0.1, 0.15) is 0 Å². The molecule has 0 fully saturated rings. The van der Waals surface area contributed by atoms with E-state index in [4.69, 9.17) is 5.11 Å². The average Bonchev–Trinajstić information content (AvgIpc) is 2.42. The molecule has 1 N–H and O–H groups in total. The monoisotopic (exact) mass is 250 g/mol. The van der Waals surface area contributed by atoms with Crippen LogP contribution < -0.4 is 0 Å². The van der Waals surface area contributed by atoms with Gasteiger partial charge >= 0.3 is 0 Å². The van der Waals surface area contributed by atoms with Crippen molar-refractivity contribution in [2.24, 2.45) is 0 Å². The average molecular weight is 250 g/mol. The molecule has 1 nitrogen and oxygen atoms in total. The predicted octanol–water partition coefficient (Wildman–Crippen LogP) is 5.05. The highest BCUT2D eigenvalue weighted by Gasteiger charge is 1.87. The maximum Gasteiger partial charge on any atom is 0.0434 e. The van der Waals surface area contributed by atoms with E-state index in [0.29, 0.717) is 6.61 Å². The first-order chi connectivity index (χ1) is 8.60. The van der Waals surface area contributed by atoms with Crippen LogP contribution in [0.4, 0.5) is 0 Å². The van der Waals surface area contributed by atoms with Gasteiger partial charge in [-0.2, -0.15) is 0 Å². The molecule has 0 spiro atoms. The highest BCUT2D eigenvalue weighted by atomic mass is 16.2. The van der Waals surface area contributed by atoms with Gasteiger partial charge in [0.25, 0.3) is 0 Å². The van der Waals surface area contributed by atoms with Gasteiger partial charge < -0.3 is 5.11 Å². The van der Waals surface area contributed by atoms with Crippen LogP contribution in [0.15, 0.2) is 36.4 Å². The van der Waals surface area contributed by atoms with Gasteiger partial charge in [-0.05, 0) is 33.1 Å². The second-order valence-corrected chi connectivity index (χ2v) is 4.09. The molecule has 0 bridgehead atoms. The number of hydrogen-bond acceptors (Lipinski definition) is 1. The molecule has 0 heterocycles. The van der Waals surface area contributed by atoms with Crippen LogP contribution in [0.5, 0.6) is 0 Å². The van der Waals surface area contributed by atoms with E-state index in [2.05, 4.69) is 51.6 Å². The molecule has 1 aromatic rings. The number of hydrogen-bond donors (Lipinski definition) is 1. The van der Waals surface area contributed by atoms with Crippen LogP contribution in [-0.4, -0.2) is 11.7 Å². The number of benzene rings is 1. The Morgan fingerprint density at radius 2 is 1.44 bits per heavy atom. The van der Waals surface area contributed by atoms with E-state index < -0.39 is 0 Å². The third-order valence-electron chi connectivity index (χ3n) is 2.41. The van der Waals surface area contributed by atoms with Gasteiger partial charge in [0.2, 0.25) is 0 Å². The second-order valence-electron chi connectivity index (χ2n) is 4.09. The Hall–Kier alpha value is -1.08. The van der Waals surface area contributed by atoms with Crippen LogP contribution in [0.1, 0.15) is 51.2 Å². The molecule has 0 amide bonds. The number of allylic oxidation sites excluding steroid dienone is 1. The molecule has 0 aliphatic rings. The van der Waals surface area contributed by atoms with Crippen LogP contribution >= 0.6 is 0 Å². The minimum atomic E-state index is 0.291. The Morgan fingerprint density at radius 1 is 1.06 bits per heavy atom. The van der Waals surface area contributed by atoms with Crippen molar-refractivity contribution in [1.82, 2.24) is 0 Å². The molecule has 1 aromatic carbocycles. The third kappa shape index (κ3) is 13.0. The lowest BCUT2D eigenvalue weighted by Crippen LogP contribution is -1.83. The largest absolute Gasteiger partial charge is 0.396 e. The summed E-state index contributed by atoms with van der Waals surface area (Å²) in [5.74, 6) is 0. The van der Waals surface area contributed by atoms with Crippen LogP contribution in [0.2, 0.25) is 0 Å². The van der Waals surface area contributed by atoms with Gasteiger partial charge in [0.15, 0.2) is 0 Å². The molecule has 1 rings (SSSR count).